The summed E-state index contributed by atoms with van der Waals surface area (Å²) in [5, 5.41) is -0.221. The number of amides is 1. The number of nitrogens with zero attached hydrogens (tertiary/aromatic N) is 1. The summed E-state index contributed by atoms with van der Waals surface area (Å²) in [4.78, 5) is 13.4. The predicted octanol–water partition coefficient (Wildman–Crippen LogP) is 6.84. The molecule has 1 saturated heterocycles. The fourth-order valence-corrected chi connectivity index (χ4v) is 3.25. The molecule has 0 saturated carbocycles. The Morgan fingerprint density at radius 1 is 1.06 bits per heavy atom. The highest BCUT2D eigenvalue weighted by Gasteiger charge is 2.33. The number of ether oxygens (including phenoxy) is 2. The van der Waals surface area contributed by atoms with Crippen LogP contribution in [0.2, 0.25) is 5.02 Å². The monoisotopic (exact) mass is 528 g/mol. The highest BCUT2D eigenvalue weighted by Crippen LogP contribution is 2.35. The molecular weight excluding hydrogens is 503 g/mol. The van der Waals surface area contributed by atoms with E-state index in [4.69, 9.17) is 16.3 Å². The van der Waals surface area contributed by atoms with Crippen molar-refractivity contribution in [2.75, 3.05) is 24.2 Å². The molecule has 0 spiro atoms. The molecule has 1 fully saturated rings. The molecule has 190 valence electrons. The van der Waals surface area contributed by atoms with Crippen molar-refractivity contribution in [1.82, 2.24) is 4.72 Å². The molecule has 1 amide bonds. The van der Waals surface area contributed by atoms with Crippen LogP contribution in [0.15, 0.2) is 30.3 Å². The maximum absolute atomic E-state index is 14.2. The number of halogens is 6. The third-order valence-corrected chi connectivity index (χ3v) is 4.79. The summed E-state index contributed by atoms with van der Waals surface area (Å²) in [6, 6.07) is 5.34. The molecule has 1 aliphatic rings. The number of benzene rings is 2. The number of hydrogen-bond acceptors (Lipinski definition) is 5. The van der Waals surface area contributed by atoms with Crippen molar-refractivity contribution < 1.29 is 36.2 Å². The van der Waals surface area contributed by atoms with Gasteiger partial charge in [0.25, 0.3) is 5.91 Å². The van der Waals surface area contributed by atoms with Crippen LogP contribution in [0.5, 0.6) is 11.5 Å². The number of anilines is 1. The Morgan fingerprint density at radius 2 is 1.68 bits per heavy atom. The molecule has 0 atom stereocenters. The number of nitrogens with one attached hydrogen (secondary N) is 1. The second-order valence-electron chi connectivity index (χ2n) is 6.21. The standard InChI is InChI=1S/C18H14ClF5N2O3S.2C2H6/c1-30-25-17(27)11-5-14(21)16(6-13(11)20)28-10-7-26(8-10)9-2-3-15(12(19)4-9)29-18(22,23)24;2*1-2/h2-6,10H,7-8H2,1H3,(H,25,27);2*1-2H3. The van der Waals surface area contributed by atoms with Crippen molar-refractivity contribution in [2.45, 2.75) is 40.2 Å². The van der Waals surface area contributed by atoms with Crippen molar-refractivity contribution in [2.24, 2.45) is 0 Å². The fourth-order valence-electron chi connectivity index (χ4n) is 2.74. The summed E-state index contributed by atoms with van der Waals surface area (Å²) in [5.74, 6) is -3.46. The van der Waals surface area contributed by atoms with E-state index in [0.717, 1.165) is 30.1 Å². The Labute approximate surface area is 204 Å². The quantitative estimate of drug-likeness (QED) is 0.328. The molecule has 34 heavy (non-hydrogen) atoms. The normalized spacial score (nSPS) is 13.0. The second kappa shape index (κ2) is 13.5. The van der Waals surface area contributed by atoms with Gasteiger partial charge in [-0.05, 0) is 24.3 Å². The van der Waals surface area contributed by atoms with Gasteiger partial charge >= 0.3 is 6.36 Å². The SMILES string of the molecule is CC.CC.CSNC(=O)c1cc(F)c(OC2CN(c3ccc(OC(F)(F)F)c(Cl)c3)C2)cc1F. The van der Waals surface area contributed by atoms with Gasteiger partial charge in [0.05, 0.1) is 23.7 Å². The van der Waals surface area contributed by atoms with Crippen molar-refractivity contribution in [3.05, 3.63) is 52.6 Å². The van der Waals surface area contributed by atoms with Gasteiger partial charge in [-0.3, -0.25) is 9.52 Å². The third-order valence-electron chi connectivity index (χ3n) is 4.11. The Balaban J connectivity index is 0.00000137. The van der Waals surface area contributed by atoms with E-state index in [1.807, 2.05) is 27.7 Å². The minimum atomic E-state index is -4.86. The zero-order valence-electron chi connectivity index (χ0n) is 19.2. The van der Waals surface area contributed by atoms with Crippen LogP contribution < -0.4 is 19.1 Å². The van der Waals surface area contributed by atoms with Gasteiger partial charge in [0.15, 0.2) is 11.6 Å². The molecule has 0 bridgehead atoms. The largest absolute Gasteiger partial charge is 0.573 e. The first-order valence-corrected chi connectivity index (χ1v) is 12.0. The Kier molecular flexibility index (Phi) is 11.7. The average Bonchev–Trinajstić information content (AvgIpc) is 2.76. The lowest BCUT2D eigenvalue weighted by atomic mass is 10.1. The molecule has 12 heteroatoms. The first kappa shape index (κ1) is 29.6. The summed E-state index contributed by atoms with van der Waals surface area (Å²) in [7, 11) is 0. The number of carbonyl (C=O) groups is 1. The van der Waals surface area contributed by atoms with Gasteiger partial charge in [-0.15, -0.1) is 13.2 Å². The van der Waals surface area contributed by atoms with Crippen molar-refractivity contribution in [3.8, 4) is 11.5 Å². The van der Waals surface area contributed by atoms with E-state index in [2.05, 4.69) is 9.46 Å². The number of hydrogen-bond donors (Lipinski definition) is 1. The minimum Gasteiger partial charge on any atom is -0.484 e. The molecule has 2 aromatic carbocycles. The average molecular weight is 529 g/mol. The van der Waals surface area contributed by atoms with Gasteiger partial charge in [-0.25, -0.2) is 8.78 Å². The highest BCUT2D eigenvalue weighted by molar-refractivity contribution is 7.97. The smallest absolute Gasteiger partial charge is 0.484 e. The molecular formula is C22H26ClF5N2O3S. The third kappa shape index (κ3) is 8.12. The van der Waals surface area contributed by atoms with Crippen LogP contribution in [0.1, 0.15) is 38.1 Å². The lowest BCUT2D eigenvalue weighted by Crippen LogP contribution is -2.54. The van der Waals surface area contributed by atoms with Crippen LogP contribution >= 0.6 is 23.5 Å². The summed E-state index contributed by atoms with van der Waals surface area (Å²) in [6.45, 7) is 8.54. The van der Waals surface area contributed by atoms with Crippen LogP contribution in [0.3, 0.4) is 0 Å². The highest BCUT2D eigenvalue weighted by atomic mass is 35.5. The van der Waals surface area contributed by atoms with E-state index in [1.54, 1.807) is 11.2 Å². The van der Waals surface area contributed by atoms with Crippen LogP contribution in [-0.4, -0.2) is 37.7 Å². The first-order valence-electron chi connectivity index (χ1n) is 10.4. The van der Waals surface area contributed by atoms with Gasteiger partial charge in [0.2, 0.25) is 0 Å². The van der Waals surface area contributed by atoms with E-state index in [-0.39, 0.29) is 23.9 Å². The molecule has 5 nitrogen and oxygen atoms in total. The molecule has 0 radical (unpaired) electrons. The first-order chi connectivity index (χ1) is 16.1. The fraction of sp³-hybridized carbons (Fsp3) is 0.409. The van der Waals surface area contributed by atoms with Crippen molar-refractivity contribution >= 4 is 35.1 Å². The molecule has 1 N–H and O–H groups in total. The van der Waals surface area contributed by atoms with Crippen molar-refractivity contribution in [1.29, 1.82) is 0 Å². The topological polar surface area (TPSA) is 50.8 Å². The Morgan fingerprint density at radius 3 is 2.21 bits per heavy atom. The summed E-state index contributed by atoms with van der Waals surface area (Å²) < 4.78 is 76.7. The Hall–Kier alpha value is -2.40. The number of carbonyl (C=O) groups excluding carboxylic acids is 1. The van der Waals surface area contributed by atoms with E-state index < -0.39 is 41.3 Å². The molecule has 2 aromatic rings. The van der Waals surface area contributed by atoms with E-state index in [9.17, 15) is 26.7 Å². The lowest BCUT2D eigenvalue weighted by Gasteiger charge is -2.40. The van der Waals surface area contributed by atoms with Gasteiger partial charge in [0.1, 0.15) is 17.7 Å². The van der Waals surface area contributed by atoms with Gasteiger partial charge < -0.3 is 14.4 Å². The Bertz CT molecular complexity index is 957. The van der Waals surface area contributed by atoms with E-state index >= 15 is 0 Å². The summed E-state index contributed by atoms with van der Waals surface area (Å²) >= 11 is 6.77. The molecule has 0 aromatic heterocycles. The number of rotatable bonds is 6. The lowest BCUT2D eigenvalue weighted by molar-refractivity contribution is -0.274. The summed E-state index contributed by atoms with van der Waals surface area (Å²) in [6.07, 6.45) is -3.78. The van der Waals surface area contributed by atoms with Crippen LogP contribution in [-0.2, 0) is 0 Å². The minimum absolute atomic E-state index is 0.221. The van der Waals surface area contributed by atoms with Crippen molar-refractivity contribution in [3.63, 3.8) is 0 Å². The van der Waals surface area contributed by atoms with Gasteiger partial charge in [0, 0.05) is 18.0 Å². The zero-order chi connectivity index (χ0) is 26.1. The second-order valence-corrected chi connectivity index (χ2v) is 7.22. The maximum atomic E-state index is 14.2. The van der Waals surface area contributed by atoms with Gasteiger partial charge in [-0.2, -0.15) is 0 Å². The van der Waals surface area contributed by atoms with Gasteiger partial charge in [-0.1, -0.05) is 51.2 Å². The maximum Gasteiger partial charge on any atom is 0.573 e. The van der Waals surface area contributed by atoms with Crippen LogP contribution in [0.4, 0.5) is 27.6 Å². The van der Waals surface area contributed by atoms with Crippen LogP contribution in [0, 0.1) is 11.6 Å². The van der Waals surface area contributed by atoms with E-state index in [1.165, 1.54) is 12.1 Å². The molecule has 0 aliphatic carbocycles. The molecule has 3 rings (SSSR count). The molecule has 1 heterocycles. The number of alkyl halides is 3. The zero-order valence-corrected chi connectivity index (χ0v) is 20.8. The molecule has 1 aliphatic heterocycles. The molecule has 0 unspecified atom stereocenters. The summed E-state index contributed by atoms with van der Waals surface area (Å²) in [5.41, 5.74) is 0.0744. The predicted molar refractivity (Wildman–Crippen MR) is 125 cm³/mol. The van der Waals surface area contributed by atoms with Crippen LogP contribution in [0.25, 0.3) is 0 Å². The van der Waals surface area contributed by atoms with E-state index in [0.29, 0.717) is 5.69 Å².